The van der Waals surface area contributed by atoms with Gasteiger partial charge in [-0.25, -0.2) is 8.42 Å². The Bertz CT molecular complexity index is 964. The van der Waals surface area contributed by atoms with Gasteiger partial charge in [0, 0.05) is 31.5 Å². The third kappa shape index (κ3) is 6.06. The Morgan fingerprint density at radius 3 is 2.19 bits per heavy atom. The number of rotatable bonds is 8. The summed E-state index contributed by atoms with van der Waals surface area (Å²) in [5, 5.41) is 2.81. The normalized spacial score (nSPS) is 19.7. The van der Waals surface area contributed by atoms with E-state index in [4.69, 9.17) is 9.47 Å². The second-order valence-electron chi connectivity index (χ2n) is 8.11. The molecule has 31 heavy (non-hydrogen) atoms. The zero-order valence-electron chi connectivity index (χ0n) is 18.2. The number of ether oxygens (including phenoxy) is 2. The van der Waals surface area contributed by atoms with Crippen molar-refractivity contribution in [2.24, 2.45) is 11.8 Å². The lowest BCUT2D eigenvalue weighted by atomic mass is 9.94. The van der Waals surface area contributed by atoms with E-state index >= 15 is 0 Å². The lowest BCUT2D eigenvalue weighted by molar-refractivity contribution is 0.102. The molecular weight excluding hydrogens is 416 g/mol. The summed E-state index contributed by atoms with van der Waals surface area (Å²) < 4.78 is 38.0. The van der Waals surface area contributed by atoms with Gasteiger partial charge in [-0.05, 0) is 66.8 Å². The van der Waals surface area contributed by atoms with E-state index < -0.39 is 10.0 Å². The number of hydrogen-bond acceptors (Lipinski definition) is 5. The minimum atomic E-state index is -3.56. The zero-order chi connectivity index (χ0) is 22.4. The topological polar surface area (TPSA) is 84.9 Å². The predicted octanol–water partition coefficient (Wildman–Crippen LogP) is 3.63. The molecule has 8 heteroatoms. The Hall–Kier alpha value is -2.42. The van der Waals surface area contributed by atoms with Crippen LogP contribution >= 0.6 is 0 Å². The molecule has 1 saturated heterocycles. The van der Waals surface area contributed by atoms with Crippen molar-refractivity contribution in [1.29, 1.82) is 0 Å². The van der Waals surface area contributed by atoms with Crippen molar-refractivity contribution in [2.75, 3.05) is 38.7 Å². The molecule has 2 aromatic rings. The van der Waals surface area contributed by atoms with Crippen LogP contribution in [0, 0.1) is 11.8 Å². The minimum Gasteiger partial charge on any atom is -0.491 e. The Kier molecular flexibility index (Phi) is 7.69. The van der Waals surface area contributed by atoms with E-state index in [1.54, 1.807) is 47.8 Å². The zero-order valence-corrected chi connectivity index (χ0v) is 19.0. The van der Waals surface area contributed by atoms with E-state index in [2.05, 4.69) is 19.2 Å². The molecule has 0 spiro atoms. The third-order valence-electron chi connectivity index (χ3n) is 5.26. The van der Waals surface area contributed by atoms with Crippen molar-refractivity contribution in [3.63, 3.8) is 0 Å². The molecule has 3 rings (SSSR count). The quantitative estimate of drug-likeness (QED) is 0.626. The summed E-state index contributed by atoms with van der Waals surface area (Å²) in [5.41, 5.74) is 1.01. The first kappa shape index (κ1) is 23.2. The molecule has 7 nitrogen and oxygen atoms in total. The lowest BCUT2D eigenvalue weighted by Crippen LogP contribution is -2.42. The third-order valence-corrected chi connectivity index (χ3v) is 7.10. The molecule has 0 bridgehead atoms. The maximum Gasteiger partial charge on any atom is 0.255 e. The molecule has 1 amide bonds. The SMILES string of the molecule is COCCOc1ccc(NC(=O)c2ccc(S(=O)(=O)N3CC(C)CC(C)C3)cc2)cc1. The number of benzene rings is 2. The number of anilines is 1. The summed E-state index contributed by atoms with van der Waals surface area (Å²) in [6.07, 6.45) is 1.03. The molecule has 168 valence electrons. The van der Waals surface area contributed by atoms with Crippen LogP contribution < -0.4 is 10.1 Å². The number of amides is 1. The van der Waals surface area contributed by atoms with Gasteiger partial charge in [0.05, 0.1) is 11.5 Å². The predicted molar refractivity (Wildman–Crippen MR) is 120 cm³/mol. The fraction of sp³-hybridized carbons (Fsp3) is 0.435. The molecule has 2 aromatic carbocycles. The van der Waals surface area contributed by atoms with Gasteiger partial charge in [0.2, 0.25) is 10.0 Å². The van der Waals surface area contributed by atoms with E-state index in [9.17, 15) is 13.2 Å². The summed E-state index contributed by atoms with van der Waals surface area (Å²) in [6.45, 7) is 6.15. The Morgan fingerprint density at radius 1 is 1.00 bits per heavy atom. The van der Waals surface area contributed by atoms with Gasteiger partial charge in [-0.2, -0.15) is 4.31 Å². The number of sulfonamides is 1. The van der Waals surface area contributed by atoms with Crippen LogP contribution in [0.25, 0.3) is 0 Å². The molecular formula is C23H30N2O5S. The van der Waals surface area contributed by atoms with Gasteiger partial charge in [0.1, 0.15) is 12.4 Å². The fourth-order valence-electron chi connectivity index (χ4n) is 3.81. The molecule has 0 saturated carbocycles. The Labute approximate surface area is 184 Å². The van der Waals surface area contributed by atoms with Crippen molar-refractivity contribution < 1.29 is 22.7 Å². The van der Waals surface area contributed by atoms with E-state index in [0.717, 1.165) is 6.42 Å². The van der Waals surface area contributed by atoms with Gasteiger partial charge < -0.3 is 14.8 Å². The monoisotopic (exact) mass is 446 g/mol. The van der Waals surface area contributed by atoms with Crippen LogP contribution in [0.2, 0.25) is 0 Å². The molecule has 0 radical (unpaired) electrons. The smallest absolute Gasteiger partial charge is 0.255 e. The summed E-state index contributed by atoms with van der Waals surface area (Å²) in [5.74, 6) is 1.05. The second kappa shape index (κ2) is 10.3. The van der Waals surface area contributed by atoms with Crippen LogP contribution in [0.5, 0.6) is 5.75 Å². The molecule has 0 aliphatic carbocycles. The summed E-state index contributed by atoms with van der Waals surface area (Å²) in [7, 11) is -1.96. The van der Waals surface area contributed by atoms with Crippen molar-refractivity contribution >= 4 is 21.6 Å². The highest BCUT2D eigenvalue weighted by molar-refractivity contribution is 7.89. The van der Waals surface area contributed by atoms with Gasteiger partial charge in [-0.1, -0.05) is 13.8 Å². The van der Waals surface area contributed by atoms with Crippen molar-refractivity contribution in [2.45, 2.75) is 25.2 Å². The summed E-state index contributed by atoms with van der Waals surface area (Å²) >= 11 is 0. The van der Waals surface area contributed by atoms with Crippen LogP contribution in [-0.4, -0.2) is 52.0 Å². The highest BCUT2D eigenvalue weighted by Crippen LogP contribution is 2.27. The average Bonchev–Trinajstić information content (AvgIpc) is 2.74. The number of piperidine rings is 1. The number of nitrogens with zero attached hydrogens (tertiary/aromatic N) is 1. The standard InChI is InChI=1S/C23H30N2O5S/c1-17-14-18(2)16-25(15-17)31(27,28)22-10-4-19(5-11-22)23(26)24-20-6-8-21(9-7-20)30-13-12-29-3/h4-11,17-18H,12-16H2,1-3H3,(H,24,26). The van der Waals surface area contributed by atoms with Gasteiger partial charge in [-0.15, -0.1) is 0 Å². The van der Waals surface area contributed by atoms with E-state index in [1.807, 2.05) is 0 Å². The number of methoxy groups -OCH3 is 1. The van der Waals surface area contributed by atoms with Gasteiger partial charge in [0.15, 0.2) is 0 Å². The largest absolute Gasteiger partial charge is 0.491 e. The maximum absolute atomic E-state index is 13.0. The van der Waals surface area contributed by atoms with Crippen molar-refractivity contribution in [3.05, 3.63) is 54.1 Å². The highest BCUT2D eigenvalue weighted by Gasteiger charge is 2.31. The fourth-order valence-corrected chi connectivity index (χ4v) is 5.49. The molecule has 1 aliphatic rings. The van der Waals surface area contributed by atoms with Crippen molar-refractivity contribution in [1.82, 2.24) is 4.31 Å². The highest BCUT2D eigenvalue weighted by atomic mass is 32.2. The number of hydrogen-bond donors (Lipinski definition) is 1. The molecule has 0 aromatic heterocycles. The molecule has 2 atom stereocenters. The van der Waals surface area contributed by atoms with Crippen LogP contribution in [0.15, 0.2) is 53.4 Å². The van der Waals surface area contributed by atoms with Gasteiger partial charge in [0.25, 0.3) is 5.91 Å². The van der Waals surface area contributed by atoms with E-state index in [-0.39, 0.29) is 10.8 Å². The average molecular weight is 447 g/mol. The van der Waals surface area contributed by atoms with E-state index in [1.165, 1.54) is 12.1 Å². The van der Waals surface area contributed by atoms with E-state index in [0.29, 0.717) is 55.1 Å². The summed E-state index contributed by atoms with van der Waals surface area (Å²) in [6, 6.07) is 13.1. The van der Waals surface area contributed by atoms with Gasteiger partial charge >= 0.3 is 0 Å². The first-order chi connectivity index (χ1) is 14.8. The Morgan fingerprint density at radius 2 is 1.61 bits per heavy atom. The maximum atomic E-state index is 13.0. The minimum absolute atomic E-state index is 0.211. The van der Waals surface area contributed by atoms with Gasteiger partial charge in [-0.3, -0.25) is 4.79 Å². The number of carbonyl (C=O) groups is 1. The second-order valence-corrected chi connectivity index (χ2v) is 10.1. The number of carbonyl (C=O) groups excluding carboxylic acids is 1. The molecule has 1 aliphatic heterocycles. The molecule has 1 heterocycles. The number of nitrogens with one attached hydrogen (secondary N) is 1. The first-order valence-corrected chi connectivity index (χ1v) is 11.9. The first-order valence-electron chi connectivity index (χ1n) is 10.4. The van der Waals surface area contributed by atoms with Crippen molar-refractivity contribution in [3.8, 4) is 5.75 Å². The lowest BCUT2D eigenvalue weighted by Gasteiger charge is -2.34. The summed E-state index contributed by atoms with van der Waals surface area (Å²) in [4.78, 5) is 12.8. The molecule has 2 unspecified atom stereocenters. The van der Waals surface area contributed by atoms with Crippen LogP contribution in [0.4, 0.5) is 5.69 Å². The molecule has 1 N–H and O–H groups in total. The van der Waals surface area contributed by atoms with Crippen LogP contribution in [-0.2, 0) is 14.8 Å². The van der Waals surface area contributed by atoms with Crippen LogP contribution in [0.3, 0.4) is 0 Å². The molecule has 1 fully saturated rings. The van der Waals surface area contributed by atoms with Crippen LogP contribution in [0.1, 0.15) is 30.6 Å². The Balaban J connectivity index is 1.63.